The van der Waals surface area contributed by atoms with Crippen LogP contribution in [-0.2, 0) is 0 Å². The summed E-state index contributed by atoms with van der Waals surface area (Å²) in [5.41, 5.74) is 2.19. The quantitative estimate of drug-likeness (QED) is 0.846. The number of para-hydroxylation sites is 1. The SMILES string of the molecule is CN(C)CCCNC(=O)N1CCN(c2cccc3cccnc23)CC1. The van der Waals surface area contributed by atoms with Crippen LogP contribution in [0.2, 0.25) is 0 Å². The summed E-state index contributed by atoms with van der Waals surface area (Å²) in [6.07, 6.45) is 2.81. The van der Waals surface area contributed by atoms with Gasteiger partial charge in [-0.3, -0.25) is 4.98 Å². The lowest BCUT2D eigenvalue weighted by Gasteiger charge is -2.36. The molecule has 3 rings (SSSR count). The molecule has 1 saturated heterocycles. The lowest BCUT2D eigenvalue weighted by atomic mass is 10.1. The monoisotopic (exact) mass is 341 g/mol. The number of hydrogen-bond acceptors (Lipinski definition) is 4. The molecule has 25 heavy (non-hydrogen) atoms. The Morgan fingerprint density at radius 2 is 1.92 bits per heavy atom. The van der Waals surface area contributed by atoms with Gasteiger partial charge in [-0.25, -0.2) is 4.79 Å². The summed E-state index contributed by atoms with van der Waals surface area (Å²) in [7, 11) is 4.09. The van der Waals surface area contributed by atoms with E-state index in [4.69, 9.17) is 0 Å². The number of anilines is 1. The first-order chi connectivity index (χ1) is 12.1. The number of aromatic nitrogens is 1. The van der Waals surface area contributed by atoms with Gasteiger partial charge in [0.05, 0.1) is 11.2 Å². The Bertz CT molecular complexity index is 705. The Hall–Kier alpha value is -2.34. The van der Waals surface area contributed by atoms with Crippen molar-refractivity contribution in [2.24, 2.45) is 0 Å². The van der Waals surface area contributed by atoms with Gasteiger partial charge in [0, 0.05) is 44.3 Å². The molecule has 0 atom stereocenters. The van der Waals surface area contributed by atoms with E-state index in [1.165, 1.54) is 0 Å². The molecule has 6 nitrogen and oxygen atoms in total. The zero-order valence-electron chi connectivity index (χ0n) is 15.1. The third-order valence-corrected chi connectivity index (χ3v) is 4.58. The number of nitrogens with zero attached hydrogens (tertiary/aromatic N) is 4. The van der Waals surface area contributed by atoms with E-state index in [1.807, 2.05) is 31.3 Å². The minimum absolute atomic E-state index is 0.0504. The first kappa shape index (κ1) is 17.5. The molecule has 1 aliphatic rings. The normalized spacial score (nSPS) is 15.0. The van der Waals surface area contributed by atoms with E-state index in [-0.39, 0.29) is 6.03 Å². The van der Waals surface area contributed by atoms with Crippen LogP contribution >= 0.6 is 0 Å². The van der Waals surface area contributed by atoms with Gasteiger partial charge in [-0.15, -0.1) is 0 Å². The van der Waals surface area contributed by atoms with E-state index in [9.17, 15) is 4.79 Å². The third-order valence-electron chi connectivity index (χ3n) is 4.58. The Morgan fingerprint density at radius 1 is 1.16 bits per heavy atom. The Morgan fingerprint density at radius 3 is 2.68 bits per heavy atom. The van der Waals surface area contributed by atoms with Crippen molar-refractivity contribution < 1.29 is 4.79 Å². The maximum Gasteiger partial charge on any atom is 0.317 e. The van der Waals surface area contributed by atoms with Crippen molar-refractivity contribution in [1.82, 2.24) is 20.1 Å². The highest BCUT2D eigenvalue weighted by atomic mass is 16.2. The molecular formula is C19H27N5O. The number of urea groups is 1. The van der Waals surface area contributed by atoms with Crippen molar-refractivity contribution in [1.29, 1.82) is 0 Å². The third kappa shape index (κ3) is 4.39. The van der Waals surface area contributed by atoms with Crippen molar-refractivity contribution >= 4 is 22.6 Å². The number of piperazine rings is 1. The minimum Gasteiger partial charge on any atom is -0.366 e. The lowest BCUT2D eigenvalue weighted by Crippen LogP contribution is -2.52. The van der Waals surface area contributed by atoms with Gasteiger partial charge in [0.15, 0.2) is 0 Å². The number of nitrogens with one attached hydrogen (secondary N) is 1. The van der Waals surface area contributed by atoms with E-state index in [0.29, 0.717) is 0 Å². The number of carbonyl (C=O) groups is 1. The molecule has 0 saturated carbocycles. The number of fused-ring (bicyclic) bond motifs is 1. The molecule has 2 heterocycles. The summed E-state index contributed by atoms with van der Waals surface area (Å²) in [5.74, 6) is 0. The van der Waals surface area contributed by atoms with E-state index < -0.39 is 0 Å². The summed E-state index contributed by atoms with van der Waals surface area (Å²) in [6.45, 7) is 4.86. The topological polar surface area (TPSA) is 51.7 Å². The van der Waals surface area contributed by atoms with Crippen molar-refractivity contribution in [3.05, 3.63) is 36.5 Å². The second-order valence-corrected chi connectivity index (χ2v) is 6.72. The molecule has 0 radical (unpaired) electrons. The minimum atomic E-state index is 0.0504. The maximum atomic E-state index is 12.3. The van der Waals surface area contributed by atoms with Crippen LogP contribution in [0.5, 0.6) is 0 Å². The number of pyridine rings is 1. The molecule has 2 amide bonds. The molecule has 6 heteroatoms. The van der Waals surface area contributed by atoms with Crippen LogP contribution in [-0.4, -0.2) is 74.2 Å². The molecule has 2 aromatic rings. The van der Waals surface area contributed by atoms with Crippen LogP contribution in [0.15, 0.2) is 36.5 Å². The molecule has 134 valence electrons. The van der Waals surface area contributed by atoms with Crippen LogP contribution < -0.4 is 10.2 Å². The highest BCUT2D eigenvalue weighted by molar-refractivity contribution is 5.90. The Labute approximate surface area is 149 Å². The van der Waals surface area contributed by atoms with E-state index in [1.54, 1.807) is 0 Å². The molecule has 1 aliphatic heterocycles. The van der Waals surface area contributed by atoms with E-state index in [2.05, 4.69) is 44.4 Å². The van der Waals surface area contributed by atoms with Crippen molar-refractivity contribution in [2.45, 2.75) is 6.42 Å². The van der Waals surface area contributed by atoms with Gasteiger partial charge in [-0.1, -0.05) is 18.2 Å². The van der Waals surface area contributed by atoms with E-state index >= 15 is 0 Å². The zero-order chi connectivity index (χ0) is 17.6. The first-order valence-corrected chi connectivity index (χ1v) is 8.91. The molecule has 0 aliphatic carbocycles. The van der Waals surface area contributed by atoms with Gasteiger partial charge in [0.2, 0.25) is 0 Å². The molecule has 1 fully saturated rings. The summed E-state index contributed by atoms with van der Waals surface area (Å²) in [6, 6.07) is 10.4. The molecule has 1 aromatic heterocycles. The predicted molar refractivity (Wildman–Crippen MR) is 102 cm³/mol. The maximum absolute atomic E-state index is 12.3. The number of carbonyl (C=O) groups excluding carboxylic acids is 1. The predicted octanol–water partition coefficient (Wildman–Crippen LogP) is 2.02. The summed E-state index contributed by atoms with van der Waals surface area (Å²) in [5, 5.41) is 4.18. The highest BCUT2D eigenvalue weighted by Crippen LogP contribution is 2.25. The van der Waals surface area contributed by atoms with Crippen molar-refractivity contribution in [3.63, 3.8) is 0 Å². The van der Waals surface area contributed by atoms with Crippen molar-refractivity contribution in [3.8, 4) is 0 Å². The van der Waals surface area contributed by atoms with Crippen LogP contribution in [0.1, 0.15) is 6.42 Å². The second-order valence-electron chi connectivity index (χ2n) is 6.72. The van der Waals surface area contributed by atoms with Crippen LogP contribution in [0.3, 0.4) is 0 Å². The summed E-state index contributed by atoms with van der Waals surface area (Å²) < 4.78 is 0. The van der Waals surface area contributed by atoms with Gasteiger partial charge in [-0.2, -0.15) is 0 Å². The lowest BCUT2D eigenvalue weighted by molar-refractivity contribution is 0.194. The van der Waals surface area contributed by atoms with Crippen LogP contribution in [0, 0.1) is 0 Å². The second kappa shape index (κ2) is 8.16. The number of benzene rings is 1. The van der Waals surface area contributed by atoms with Gasteiger partial charge in [0.25, 0.3) is 0 Å². The fourth-order valence-electron chi connectivity index (χ4n) is 3.20. The average Bonchev–Trinajstić information content (AvgIpc) is 2.64. The van der Waals surface area contributed by atoms with Gasteiger partial charge in [-0.05, 0) is 39.2 Å². The van der Waals surface area contributed by atoms with Crippen LogP contribution in [0.25, 0.3) is 10.9 Å². The van der Waals surface area contributed by atoms with Crippen LogP contribution in [0.4, 0.5) is 10.5 Å². The first-order valence-electron chi connectivity index (χ1n) is 8.91. The van der Waals surface area contributed by atoms with E-state index in [0.717, 1.165) is 62.3 Å². The molecule has 0 bridgehead atoms. The summed E-state index contributed by atoms with van der Waals surface area (Å²) in [4.78, 5) is 23.2. The molecule has 1 aromatic carbocycles. The molecule has 0 spiro atoms. The summed E-state index contributed by atoms with van der Waals surface area (Å²) >= 11 is 0. The number of hydrogen-bond donors (Lipinski definition) is 1. The van der Waals surface area contributed by atoms with Gasteiger partial charge >= 0.3 is 6.03 Å². The fourth-order valence-corrected chi connectivity index (χ4v) is 3.20. The average molecular weight is 341 g/mol. The van der Waals surface area contributed by atoms with Crippen molar-refractivity contribution in [2.75, 3.05) is 58.3 Å². The number of amides is 2. The molecular weight excluding hydrogens is 314 g/mol. The smallest absolute Gasteiger partial charge is 0.317 e. The van der Waals surface area contributed by atoms with Gasteiger partial charge in [0.1, 0.15) is 0 Å². The number of rotatable bonds is 5. The molecule has 0 unspecified atom stereocenters. The highest BCUT2D eigenvalue weighted by Gasteiger charge is 2.22. The fraction of sp³-hybridized carbons (Fsp3) is 0.474. The largest absolute Gasteiger partial charge is 0.366 e. The Balaban J connectivity index is 1.54. The molecule has 1 N–H and O–H groups in total. The zero-order valence-corrected chi connectivity index (χ0v) is 15.1. The van der Waals surface area contributed by atoms with Gasteiger partial charge < -0.3 is 20.0 Å². The standard InChI is InChI=1S/C19H27N5O/c1-22(2)11-5-10-21-19(25)24-14-12-23(13-15-24)17-8-3-6-16-7-4-9-20-18(16)17/h3-4,6-9H,5,10-15H2,1-2H3,(H,21,25). The Kier molecular flexibility index (Phi) is 5.71.